The zero-order chi connectivity index (χ0) is 26.7. The van der Waals surface area contributed by atoms with Crippen molar-refractivity contribution in [2.75, 3.05) is 33.2 Å². The first kappa shape index (κ1) is 26.8. The number of hydrogen-bond acceptors (Lipinski definition) is 3. The number of carboxylic acid groups (broad SMARTS) is 1. The van der Waals surface area contributed by atoms with Crippen LogP contribution in [0.3, 0.4) is 0 Å². The number of aliphatic carboxylic acids is 1. The summed E-state index contributed by atoms with van der Waals surface area (Å²) in [4.78, 5) is 28.7. The van der Waals surface area contributed by atoms with Crippen molar-refractivity contribution in [1.29, 1.82) is 0 Å². The minimum atomic E-state index is -0.822. The highest BCUT2D eigenvalue weighted by molar-refractivity contribution is 5.87. The van der Waals surface area contributed by atoms with E-state index in [2.05, 4.69) is 11.9 Å². The Bertz CT molecular complexity index is 1190. The molecule has 1 amide bonds. The molecule has 0 aliphatic carbocycles. The van der Waals surface area contributed by atoms with E-state index in [4.69, 9.17) is 0 Å². The molecule has 0 aromatic heterocycles. The van der Waals surface area contributed by atoms with Crippen molar-refractivity contribution in [3.8, 4) is 0 Å². The van der Waals surface area contributed by atoms with Crippen LogP contribution in [-0.2, 0) is 9.59 Å². The summed E-state index contributed by atoms with van der Waals surface area (Å²) in [5.41, 5.74) is 3.75. The second-order valence-corrected chi connectivity index (χ2v) is 9.48. The third-order valence-electron chi connectivity index (χ3n) is 6.84. The number of carbonyl (C=O) groups is 2. The molecule has 0 unspecified atom stereocenters. The second-order valence-electron chi connectivity index (χ2n) is 9.48. The van der Waals surface area contributed by atoms with E-state index in [-0.39, 0.29) is 11.8 Å². The number of carboxylic acids is 1. The lowest BCUT2D eigenvalue weighted by Crippen LogP contribution is -2.48. The van der Waals surface area contributed by atoms with E-state index in [1.165, 1.54) is 0 Å². The van der Waals surface area contributed by atoms with Gasteiger partial charge in [-0.2, -0.15) is 0 Å². The summed E-state index contributed by atoms with van der Waals surface area (Å²) in [6, 6.07) is 38.7. The number of amides is 1. The van der Waals surface area contributed by atoms with Gasteiger partial charge >= 0.3 is 5.97 Å². The van der Waals surface area contributed by atoms with Crippen molar-refractivity contribution in [3.63, 3.8) is 0 Å². The van der Waals surface area contributed by atoms with Crippen LogP contribution in [0, 0.1) is 0 Å². The van der Waals surface area contributed by atoms with Gasteiger partial charge < -0.3 is 14.9 Å². The van der Waals surface area contributed by atoms with E-state index < -0.39 is 11.9 Å². The van der Waals surface area contributed by atoms with Crippen molar-refractivity contribution in [2.24, 2.45) is 0 Å². The molecule has 5 rings (SSSR count). The van der Waals surface area contributed by atoms with Crippen LogP contribution < -0.4 is 0 Å². The first-order chi connectivity index (χ1) is 18.5. The van der Waals surface area contributed by atoms with Crippen LogP contribution in [0.2, 0.25) is 0 Å². The van der Waals surface area contributed by atoms with Gasteiger partial charge in [0.05, 0.1) is 5.92 Å². The van der Waals surface area contributed by atoms with Crippen LogP contribution in [0.1, 0.15) is 34.1 Å². The van der Waals surface area contributed by atoms with Gasteiger partial charge in [-0.15, -0.1) is 0 Å². The van der Waals surface area contributed by atoms with Gasteiger partial charge in [0, 0.05) is 26.2 Å². The van der Waals surface area contributed by atoms with E-state index in [9.17, 15) is 14.7 Å². The van der Waals surface area contributed by atoms with Gasteiger partial charge in [0.25, 0.3) is 0 Å². The fourth-order valence-electron chi connectivity index (χ4n) is 4.75. The van der Waals surface area contributed by atoms with Gasteiger partial charge in [0.15, 0.2) is 0 Å². The Kier molecular flexibility index (Phi) is 9.43. The SMILES string of the molecule is CN1CCN(C(=O)C(c2ccccc2)c2ccccc2)CC1.O=C(O)C(c1ccccc1)c1ccccc1. The minimum absolute atomic E-state index is 0.203. The lowest BCUT2D eigenvalue weighted by atomic mass is 9.90. The van der Waals surface area contributed by atoms with Crippen molar-refractivity contribution in [2.45, 2.75) is 11.8 Å². The fraction of sp³-hybridized carbons (Fsp3) is 0.212. The number of hydrogen-bond donors (Lipinski definition) is 1. The highest BCUT2D eigenvalue weighted by Crippen LogP contribution is 2.27. The molecule has 1 heterocycles. The summed E-state index contributed by atoms with van der Waals surface area (Å²) in [6.07, 6.45) is 0. The molecule has 1 aliphatic rings. The predicted molar refractivity (Wildman–Crippen MR) is 151 cm³/mol. The first-order valence-electron chi connectivity index (χ1n) is 12.9. The average molecular weight is 507 g/mol. The molecule has 194 valence electrons. The number of piperazine rings is 1. The maximum Gasteiger partial charge on any atom is 0.315 e. The van der Waals surface area contributed by atoms with E-state index in [0.29, 0.717) is 0 Å². The molecule has 4 aromatic carbocycles. The summed E-state index contributed by atoms with van der Waals surface area (Å²) in [7, 11) is 2.10. The molecule has 1 N–H and O–H groups in total. The molecule has 1 aliphatic heterocycles. The van der Waals surface area contributed by atoms with Crippen LogP contribution in [0.5, 0.6) is 0 Å². The number of likely N-dealkylation sites (N-methyl/N-ethyl adjacent to an activating group) is 1. The fourth-order valence-corrected chi connectivity index (χ4v) is 4.75. The maximum atomic E-state index is 13.1. The van der Waals surface area contributed by atoms with Crippen LogP contribution in [0.4, 0.5) is 0 Å². The summed E-state index contributed by atoms with van der Waals surface area (Å²) in [5.74, 6) is -1.39. The van der Waals surface area contributed by atoms with Crippen molar-refractivity contribution in [1.82, 2.24) is 9.80 Å². The topological polar surface area (TPSA) is 60.9 Å². The van der Waals surface area contributed by atoms with Crippen molar-refractivity contribution >= 4 is 11.9 Å². The third-order valence-corrected chi connectivity index (χ3v) is 6.84. The standard InChI is InChI=1S/C19H22N2O.C14H12O2/c1-20-12-14-21(15-13-20)19(22)18(16-8-4-2-5-9-16)17-10-6-3-7-11-17;15-14(16)13(11-7-3-1-4-8-11)12-9-5-2-6-10-12/h2-11,18H,12-15H2,1H3;1-10,13H,(H,15,16). The molecule has 5 heteroatoms. The smallest absolute Gasteiger partial charge is 0.315 e. The summed E-state index contributed by atoms with van der Waals surface area (Å²) in [5, 5.41) is 9.28. The van der Waals surface area contributed by atoms with Crippen molar-refractivity contribution in [3.05, 3.63) is 144 Å². The highest BCUT2D eigenvalue weighted by atomic mass is 16.4. The quantitative estimate of drug-likeness (QED) is 0.375. The molecule has 38 heavy (non-hydrogen) atoms. The molecular formula is C33H34N2O3. The van der Waals surface area contributed by atoms with Crippen LogP contribution in [0.25, 0.3) is 0 Å². The Morgan fingerprint density at radius 3 is 1.18 bits per heavy atom. The molecule has 5 nitrogen and oxygen atoms in total. The molecule has 0 spiro atoms. The number of nitrogens with zero attached hydrogens (tertiary/aromatic N) is 2. The Hall–Kier alpha value is -4.22. The summed E-state index contributed by atoms with van der Waals surface area (Å²) < 4.78 is 0. The number of carbonyl (C=O) groups excluding carboxylic acids is 1. The molecule has 1 saturated heterocycles. The monoisotopic (exact) mass is 506 g/mol. The largest absolute Gasteiger partial charge is 0.481 e. The number of rotatable bonds is 6. The van der Waals surface area contributed by atoms with Crippen LogP contribution in [-0.4, -0.2) is 60.0 Å². The van der Waals surface area contributed by atoms with Crippen molar-refractivity contribution < 1.29 is 14.7 Å². The molecule has 0 bridgehead atoms. The Labute approximate surface area is 225 Å². The van der Waals surface area contributed by atoms with Gasteiger partial charge in [-0.3, -0.25) is 9.59 Å². The third kappa shape index (κ3) is 6.96. The Morgan fingerprint density at radius 1 is 0.553 bits per heavy atom. The van der Waals surface area contributed by atoms with E-state index in [1.807, 2.05) is 126 Å². The zero-order valence-corrected chi connectivity index (χ0v) is 21.7. The van der Waals surface area contributed by atoms with E-state index in [1.54, 1.807) is 0 Å². The van der Waals surface area contributed by atoms with Gasteiger partial charge in [-0.1, -0.05) is 121 Å². The van der Waals surface area contributed by atoms with Crippen LogP contribution >= 0.6 is 0 Å². The summed E-state index contributed by atoms with van der Waals surface area (Å²) in [6.45, 7) is 3.51. The van der Waals surface area contributed by atoms with Gasteiger partial charge in [0.2, 0.25) is 5.91 Å². The van der Waals surface area contributed by atoms with E-state index >= 15 is 0 Å². The predicted octanol–water partition coefficient (Wildman–Crippen LogP) is 5.50. The molecule has 0 saturated carbocycles. The first-order valence-corrected chi connectivity index (χ1v) is 12.9. The van der Waals surface area contributed by atoms with Gasteiger partial charge in [-0.05, 0) is 29.3 Å². The average Bonchev–Trinajstić information content (AvgIpc) is 2.96. The molecule has 0 radical (unpaired) electrons. The lowest BCUT2D eigenvalue weighted by molar-refractivity contribution is -0.137. The normalized spacial score (nSPS) is 13.6. The highest BCUT2D eigenvalue weighted by Gasteiger charge is 2.29. The summed E-state index contributed by atoms with van der Waals surface area (Å²) >= 11 is 0. The van der Waals surface area contributed by atoms with E-state index in [0.717, 1.165) is 48.4 Å². The van der Waals surface area contributed by atoms with Crippen LogP contribution in [0.15, 0.2) is 121 Å². The Balaban J connectivity index is 0.000000186. The zero-order valence-electron chi connectivity index (χ0n) is 21.7. The maximum absolute atomic E-state index is 13.1. The van der Waals surface area contributed by atoms with Gasteiger partial charge in [0.1, 0.15) is 5.92 Å². The second kappa shape index (κ2) is 13.4. The molecule has 0 atom stereocenters. The lowest BCUT2D eigenvalue weighted by Gasteiger charge is -2.35. The molecule has 4 aromatic rings. The van der Waals surface area contributed by atoms with Gasteiger partial charge in [-0.25, -0.2) is 0 Å². The minimum Gasteiger partial charge on any atom is -0.481 e. The Morgan fingerprint density at radius 2 is 0.868 bits per heavy atom. The number of benzene rings is 4. The molecular weight excluding hydrogens is 472 g/mol. The molecule has 1 fully saturated rings.